The maximum absolute atomic E-state index is 14.2. The van der Waals surface area contributed by atoms with Crippen molar-refractivity contribution >= 4 is 23.1 Å². The number of fused-ring (bicyclic) bond motifs is 3. The molecule has 2 N–H and O–H groups in total. The summed E-state index contributed by atoms with van der Waals surface area (Å²) in [5.41, 5.74) is 3.69. The third-order valence-corrected chi connectivity index (χ3v) is 6.79. The van der Waals surface area contributed by atoms with E-state index in [2.05, 4.69) is 19.9 Å². The van der Waals surface area contributed by atoms with Crippen LogP contribution in [0, 0.1) is 5.92 Å². The number of nitrogens with zero attached hydrogens (tertiary/aromatic N) is 4. The average molecular weight is 456 g/mol. The van der Waals surface area contributed by atoms with Crippen LogP contribution in [0.4, 0.5) is 14.7 Å². The Balaban J connectivity index is 1.48. The van der Waals surface area contributed by atoms with Gasteiger partial charge in [0, 0.05) is 60.1 Å². The number of nitrogens with one attached hydrogen (secondary N) is 1. The molecule has 3 aromatic rings. The molecule has 9 heteroatoms. The van der Waals surface area contributed by atoms with Gasteiger partial charge in [-0.3, -0.25) is 4.90 Å². The lowest BCUT2D eigenvalue weighted by atomic mass is 9.93. The van der Waals surface area contributed by atoms with Crippen LogP contribution in [0.2, 0.25) is 0 Å². The predicted octanol–water partition coefficient (Wildman–Crippen LogP) is 2.95. The Hall–Kier alpha value is -2.91. The number of alkyl halides is 2. The zero-order chi connectivity index (χ0) is 23.0. The molecule has 2 aromatic heterocycles. The van der Waals surface area contributed by atoms with E-state index < -0.39 is 25.1 Å². The van der Waals surface area contributed by atoms with Crippen LogP contribution in [0.3, 0.4) is 0 Å². The van der Waals surface area contributed by atoms with Crippen LogP contribution in [0.15, 0.2) is 36.7 Å². The van der Waals surface area contributed by atoms with Crippen molar-refractivity contribution in [2.45, 2.75) is 31.2 Å². The summed E-state index contributed by atoms with van der Waals surface area (Å²) in [6, 6.07) is 7.49. The Morgan fingerprint density at radius 2 is 1.88 bits per heavy atom. The first-order chi connectivity index (χ1) is 16.0. The number of rotatable bonds is 6. The summed E-state index contributed by atoms with van der Waals surface area (Å²) >= 11 is 0. The van der Waals surface area contributed by atoms with Crippen LogP contribution < -0.4 is 4.90 Å². The molecule has 4 heterocycles. The van der Waals surface area contributed by atoms with Gasteiger partial charge in [-0.15, -0.1) is 0 Å². The third kappa shape index (κ3) is 4.22. The molecule has 0 spiro atoms. The number of benzene rings is 1. The molecule has 0 bridgehead atoms. The lowest BCUT2D eigenvalue weighted by molar-refractivity contribution is -0.111. The minimum absolute atomic E-state index is 0.0879. The van der Waals surface area contributed by atoms with Gasteiger partial charge in [0.15, 0.2) is 0 Å². The van der Waals surface area contributed by atoms with E-state index in [0.29, 0.717) is 32.0 Å². The lowest BCUT2D eigenvalue weighted by Crippen LogP contribution is -2.45. The molecule has 5 rings (SSSR count). The van der Waals surface area contributed by atoms with Crippen molar-refractivity contribution in [3.8, 4) is 0 Å². The molecule has 0 aliphatic carbocycles. The first-order valence-electron chi connectivity index (χ1n) is 11.3. The van der Waals surface area contributed by atoms with Crippen molar-refractivity contribution < 1.29 is 18.7 Å². The first-order valence-corrected chi connectivity index (χ1v) is 11.3. The minimum Gasteiger partial charge on any atom is -0.390 e. The summed E-state index contributed by atoms with van der Waals surface area (Å²) in [5, 5.41) is 10.3. The zero-order valence-electron chi connectivity index (χ0n) is 18.3. The van der Waals surface area contributed by atoms with E-state index in [9.17, 15) is 18.7 Å². The van der Waals surface area contributed by atoms with E-state index in [1.165, 1.54) is 0 Å². The highest BCUT2D eigenvalue weighted by molar-refractivity contribution is 5.85. The van der Waals surface area contributed by atoms with E-state index in [1.54, 1.807) is 17.3 Å². The second-order valence-electron chi connectivity index (χ2n) is 8.98. The van der Waals surface area contributed by atoms with Crippen LogP contribution >= 0.6 is 0 Å². The summed E-state index contributed by atoms with van der Waals surface area (Å²) < 4.78 is 28.4. The highest BCUT2D eigenvalue weighted by atomic mass is 19.3. The largest absolute Gasteiger partial charge is 0.390 e. The molecule has 7 nitrogen and oxygen atoms in total. The number of piperidine rings is 1. The fourth-order valence-corrected chi connectivity index (χ4v) is 5.06. The Morgan fingerprint density at radius 3 is 2.58 bits per heavy atom. The van der Waals surface area contributed by atoms with Crippen LogP contribution in [0.5, 0.6) is 0 Å². The topological polar surface area (TPSA) is 85.4 Å². The second-order valence-corrected chi connectivity index (χ2v) is 8.98. The van der Waals surface area contributed by atoms with E-state index in [-0.39, 0.29) is 5.92 Å². The van der Waals surface area contributed by atoms with Gasteiger partial charge in [-0.05, 0) is 30.9 Å². The normalized spacial score (nSPS) is 20.2. The van der Waals surface area contributed by atoms with Gasteiger partial charge < -0.3 is 19.8 Å². The van der Waals surface area contributed by atoms with Crippen LogP contribution in [0.25, 0.3) is 10.9 Å². The number of carbonyl (C=O) groups is 1. The average Bonchev–Trinajstić information content (AvgIpc) is 3.22. The summed E-state index contributed by atoms with van der Waals surface area (Å²) in [5.74, 6) is -2.53. The van der Waals surface area contributed by atoms with Gasteiger partial charge in [0.2, 0.25) is 5.95 Å². The van der Waals surface area contributed by atoms with Crippen molar-refractivity contribution in [3.63, 3.8) is 0 Å². The van der Waals surface area contributed by atoms with Gasteiger partial charge in [-0.2, -0.15) is 0 Å². The molecule has 1 atom stereocenters. The second kappa shape index (κ2) is 8.79. The highest BCUT2D eigenvalue weighted by Crippen LogP contribution is 2.39. The number of halogens is 2. The SMILES string of the molecule is O=CC1CCN(c2ncc(C3c4[nH]c5ccccc5c4CCN3CC(F)(F)CO)cn2)CC1. The fourth-order valence-electron chi connectivity index (χ4n) is 5.06. The Bertz CT molecular complexity index is 1130. The van der Waals surface area contributed by atoms with E-state index in [0.717, 1.165) is 46.9 Å². The molecule has 33 heavy (non-hydrogen) atoms. The molecule has 1 aromatic carbocycles. The van der Waals surface area contributed by atoms with Crippen molar-refractivity contribution in [1.82, 2.24) is 19.9 Å². The minimum atomic E-state index is -3.20. The number of H-pyrrole nitrogens is 1. The number of aromatic nitrogens is 3. The number of hydrogen-bond acceptors (Lipinski definition) is 6. The molecule has 2 aliphatic heterocycles. The van der Waals surface area contributed by atoms with Crippen LogP contribution in [0.1, 0.15) is 35.7 Å². The number of aliphatic hydroxyl groups excluding tert-OH is 1. The molecule has 2 aliphatic rings. The number of aliphatic hydroxyl groups is 1. The molecular weight excluding hydrogens is 428 g/mol. The number of aldehydes is 1. The van der Waals surface area contributed by atoms with Crippen molar-refractivity contribution in [2.24, 2.45) is 5.92 Å². The van der Waals surface area contributed by atoms with Gasteiger partial charge in [-0.1, -0.05) is 18.2 Å². The van der Waals surface area contributed by atoms with Gasteiger partial charge in [-0.25, -0.2) is 18.7 Å². The maximum atomic E-state index is 14.2. The number of para-hydroxylation sites is 1. The Morgan fingerprint density at radius 1 is 1.15 bits per heavy atom. The van der Waals surface area contributed by atoms with E-state index in [1.807, 2.05) is 24.3 Å². The van der Waals surface area contributed by atoms with Crippen molar-refractivity contribution in [2.75, 3.05) is 37.7 Å². The predicted molar refractivity (Wildman–Crippen MR) is 120 cm³/mol. The van der Waals surface area contributed by atoms with Gasteiger partial charge in [0.25, 0.3) is 5.92 Å². The third-order valence-electron chi connectivity index (χ3n) is 6.79. The molecule has 0 radical (unpaired) electrons. The van der Waals surface area contributed by atoms with Gasteiger partial charge >= 0.3 is 0 Å². The zero-order valence-corrected chi connectivity index (χ0v) is 18.3. The molecule has 1 saturated heterocycles. The number of carbonyl (C=O) groups excluding carboxylic acids is 1. The first kappa shape index (κ1) is 21.9. The van der Waals surface area contributed by atoms with Crippen LogP contribution in [-0.4, -0.2) is 70.0 Å². The monoisotopic (exact) mass is 455 g/mol. The Labute approximate surface area is 190 Å². The molecular formula is C24H27F2N5O2. The summed E-state index contributed by atoms with van der Waals surface area (Å²) in [7, 11) is 0. The summed E-state index contributed by atoms with van der Waals surface area (Å²) in [6.07, 6.45) is 6.63. The smallest absolute Gasteiger partial charge is 0.283 e. The van der Waals surface area contributed by atoms with E-state index in [4.69, 9.17) is 0 Å². The fraction of sp³-hybridized carbons (Fsp3) is 0.458. The molecule has 0 amide bonds. The van der Waals surface area contributed by atoms with E-state index >= 15 is 0 Å². The molecule has 1 fully saturated rings. The van der Waals surface area contributed by atoms with Gasteiger partial charge in [0.1, 0.15) is 12.9 Å². The number of aromatic amines is 1. The number of hydrogen-bond donors (Lipinski definition) is 2. The molecule has 1 unspecified atom stereocenters. The Kier molecular flexibility index (Phi) is 5.84. The summed E-state index contributed by atoms with van der Waals surface area (Å²) in [4.78, 5) is 27.3. The number of anilines is 1. The molecule has 174 valence electrons. The van der Waals surface area contributed by atoms with Crippen molar-refractivity contribution in [3.05, 3.63) is 53.5 Å². The van der Waals surface area contributed by atoms with Crippen molar-refractivity contribution in [1.29, 1.82) is 0 Å². The summed E-state index contributed by atoms with van der Waals surface area (Å²) in [6.45, 7) is 0.127. The quantitative estimate of drug-likeness (QED) is 0.556. The molecule has 0 saturated carbocycles. The van der Waals surface area contributed by atoms with Crippen LogP contribution in [-0.2, 0) is 11.2 Å². The lowest BCUT2D eigenvalue weighted by Gasteiger charge is -2.37. The van der Waals surface area contributed by atoms with Gasteiger partial charge in [0.05, 0.1) is 12.6 Å². The highest BCUT2D eigenvalue weighted by Gasteiger charge is 2.39. The standard InChI is InChI=1S/C24H27F2N5O2/c25-24(26,15-33)14-31-10-7-19-18-3-1-2-4-20(18)29-21(19)22(31)17-11-27-23(28-12-17)30-8-5-16(13-32)6-9-30/h1-4,11-13,16,22,29,33H,5-10,14-15H2. The maximum Gasteiger partial charge on any atom is 0.283 e.